The molecule has 0 bridgehead atoms. The molecule has 234 valence electrons. The summed E-state index contributed by atoms with van der Waals surface area (Å²) in [6.45, 7) is 5.10. The summed E-state index contributed by atoms with van der Waals surface area (Å²) in [7, 11) is 0. The van der Waals surface area contributed by atoms with Crippen LogP contribution in [0.5, 0.6) is 0 Å². The Hall–Kier alpha value is -1.89. The Bertz CT molecular complexity index is 1140. The van der Waals surface area contributed by atoms with Crippen molar-refractivity contribution >= 4 is 18.2 Å². The van der Waals surface area contributed by atoms with E-state index in [9.17, 15) is 34.8 Å². The molecule has 2 aliphatic heterocycles. The second kappa shape index (κ2) is 10.3. The zero-order valence-corrected chi connectivity index (χ0v) is 24.6. The minimum atomic E-state index is -1.34. The number of aliphatic hydroxyl groups excluding tert-OH is 2. The molecule has 6 rings (SSSR count). The third kappa shape index (κ3) is 4.33. The highest BCUT2D eigenvalue weighted by molar-refractivity contribution is 5.85. The third-order valence-electron chi connectivity index (χ3n) is 12.1. The lowest BCUT2D eigenvalue weighted by Crippen LogP contribution is -2.69. The predicted molar refractivity (Wildman–Crippen MR) is 144 cm³/mol. The summed E-state index contributed by atoms with van der Waals surface area (Å²) >= 11 is 0. The molecule has 1 saturated heterocycles. The van der Waals surface area contributed by atoms with E-state index in [0.29, 0.717) is 38.5 Å². The smallest absolute Gasteiger partial charge is 0.331 e. The van der Waals surface area contributed by atoms with Gasteiger partial charge in [-0.1, -0.05) is 6.92 Å². The lowest BCUT2D eigenvalue weighted by atomic mass is 9.41. The summed E-state index contributed by atoms with van der Waals surface area (Å²) in [5.74, 6) is -1.91. The molecule has 0 amide bonds. The van der Waals surface area contributed by atoms with E-state index in [1.165, 1.54) is 13.0 Å². The van der Waals surface area contributed by atoms with Crippen molar-refractivity contribution in [2.45, 2.75) is 127 Å². The van der Waals surface area contributed by atoms with Gasteiger partial charge in [0.25, 0.3) is 0 Å². The molecule has 13 atom stereocenters. The first kappa shape index (κ1) is 30.1. The van der Waals surface area contributed by atoms with Gasteiger partial charge < -0.3 is 44.2 Å². The molecule has 4 saturated carbocycles. The average molecular weight is 593 g/mol. The lowest BCUT2D eigenvalue weighted by Gasteiger charge is -2.65. The van der Waals surface area contributed by atoms with Crippen LogP contribution in [0.25, 0.3) is 0 Å². The van der Waals surface area contributed by atoms with Crippen LogP contribution < -0.4 is 0 Å². The molecule has 11 heteroatoms. The van der Waals surface area contributed by atoms with Gasteiger partial charge in [0, 0.05) is 43.6 Å². The number of fused-ring (bicyclic) bond motifs is 5. The molecule has 2 heterocycles. The lowest BCUT2D eigenvalue weighted by molar-refractivity contribution is -0.286. The maximum absolute atomic E-state index is 13.1. The van der Waals surface area contributed by atoms with Crippen molar-refractivity contribution in [3.05, 3.63) is 11.6 Å². The van der Waals surface area contributed by atoms with Crippen LogP contribution in [0.15, 0.2) is 11.6 Å². The topological polar surface area (TPSA) is 169 Å². The summed E-state index contributed by atoms with van der Waals surface area (Å²) in [5.41, 5.74) is -3.72. The monoisotopic (exact) mass is 592 g/mol. The fraction of sp³-hybridized carbons (Fsp3) is 0.839. The molecule has 0 aromatic carbocycles. The van der Waals surface area contributed by atoms with E-state index in [1.54, 1.807) is 6.92 Å². The number of carbonyl (C=O) groups is 3. The number of carbonyl (C=O) groups excluding carboxylic acids is 3. The first-order valence-electron chi connectivity index (χ1n) is 15.4. The Kier molecular flexibility index (Phi) is 7.42. The summed E-state index contributed by atoms with van der Waals surface area (Å²) < 4.78 is 22.9. The van der Waals surface area contributed by atoms with Gasteiger partial charge in [0.05, 0.1) is 34.9 Å². The van der Waals surface area contributed by atoms with Crippen LogP contribution in [0.1, 0.15) is 78.6 Å². The van der Waals surface area contributed by atoms with Gasteiger partial charge in [-0.05, 0) is 62.9 Å². The van der Waals surface area contributed by atoms with E-state index >= 15 is 0 Å². The van der Waals surface area contributed by atoms with Crippen molar-refractivity contribution in [3.8, 4) is 0 Å². The molecule has 0 spiro atoms. The minimum absolute atomic E-state index is 0.0971. The van der Waals surface area contributed by atoms with Crippen LogP contribution in [0.4, 0.5) is 0 Å². The normalized spacial score (nSPS) is 51.9. The SMILES string of the molecule is CC(=O)O[C@H]1C[C@]2(O)[C@@H]3CC[C@]4(O)C[C@@H](O[C@H]5C[C@H](O)[C@H](O)[C@@H](C)O5)CC[C@]4(C=O)[C@H]3CC[C@]2(C)[C@H]1C1=CC(=O)OC1. The number of esters is 2. The molecule has 4 aliphatic carbocycles. The number of aldehydes is 1. The van der Waals surface area contributed by atoms with E-state index in [0.717, 1.165) is 11.9 Å². The number of hydrogen-bond acceptors (Lipinski definition) is 11. The summed E-state index contributed by atoms with van der Waals surface area (Å²) in [6, 6.07) is 0. The number of hydrogen-bond donors (Lipinski definition) is 4. The standard InChI is InChI=1S/C31H44O11/c1-16-27(36)22(34)11-25(40-16)42-19-4-8-29(15-32)20-5-7-28(3)26(18-10-24(35)39-14-18)23(41-17(2)33)13-31(28,38)21(20)6-9-30(29,37)12-19/h10,15-16,19-23,25-27,34,36-38H,4-9,11-14H2,1-3H3/t16-,19+,20+,21-,22+,23+,25+,26+,27-,28-,29+,30+,31+/m1/s1. The molecule has 6 aliphatic rings. The van der Waals surface area contributed by atoms with E-state index in [2.05, 4.69) is 0 Å². The number of rotatable bonds is 5. The summed E-state index contributed by atoms with van der Waals surface area (Å²) in [5, 5.41) is 45.0. The minimum Gasteiger partial charge on any atom is -0.462 e. The molecule has 0 unspecified atom stereocenters. The van der Waals surface area contributed by atoms with Crippen LogP contribution in [-0.4, -0.2) is 93.3 Å². The van der Waals surface area contributed by atoms with Gasteiger partial charge in [0.15, 0.2) is 6.29 Å². The summed E-state index contributed by atoms with van der Waals surface area (Å²) in [6.07, 6.45) is 1.34. The molecule has 42 heavy (non-hydrogen) atoms. The Morgan fingerprint density at radius 1 is 1.10 bits per heavy atom. The zero-order chi connectivity index (χ0) is 30.2. The van der Waals surface area contributed by atoms with Crippen molar-refractivity contribution in [3.63, 3.8) is 0 Å². The molecule has 0 radical (unpaired) electrons. The quantitative estimate of drug-likeness (QED) is 0.206. The highest BCUT2D eigenvalue weighted by Crippen LogP contribution is 2.70. The van der Waals surface area contributed by atoms with Crippen molar-refractivity contribution in [2.24, 2.45) is 28.6 Å². The molecule has 4 N–H and O–H groups in total. The fourth-order valence-electron chi connectivity index (χ4n) is 10.1. The largest absolute Gasteiger partial charge is 0.462 e. The van der Waals surface area contributed by atoms with Gasteiger partial charge >= 0.3 is 11.9 Å². The Balaban J connectivity index is 1.26. The Labute approximate surface area is 245 Å². The first-order chi connectivity index (χ1) is 19.8. The van der Waals surface area contributed by atoms with Crippen LogP contribution in [0.3, 0.4) is 0 Å². The molecule has 0 aromatic heterocycles. The van der Waals surface area contributed by atoms with Crippen LogP contribution in [0.2, 0.25) is 0 Å². The van der Waals surface area contributed by atoms with Crippen LogP contribution >= 0.6 is 0 Å². The third-order valence-corrected chi connectivity index (χ3v) is 12.1. The highest BCUT2D eigenvalue weighted by Gasteiger charge is 2.73. The predicted octanol–water partition coefficient (Wildman–Crippen LogP) is 1.32. The van der Waals surface area contributed by atoms with Gasteiger partial charge in [-0.2, -0.15) is 0 Å². The number of cyclic esters (lactones) is 1. The molecular formula is C31H44O11. The Morgan fingerprint density at radius 3 is 2.48 bits per heavy atom. The maximum atomic E-state index is 13.1. The molecule has 0 aromatic rings. The van der Waals surface area contributed by atoms with Crippen molar-refractivity contribution < 1.29 is 53.8 Å². The van der Waals surface area contributed by atoms with Crippen LogP contribution in [0, 0.1) is 28.6 Å². The van der Waals surface area contributed by atoms with E-state index in [1.807, 2.05) is 6.92 Å². The molecular weight excluding hydrogens is 548 g/mol. The maximum Gasteiger partial charge on any atom is 0.331 e. The van der Waals surface area contributed by atoms with Gasteiger partial charge in [0.1, 0.15) is 25.1 Å². The second-order valence-corrected chi connectivity index (χ2v) is 14.0. The van der Waals surface area contributed by atoms with E-state index < -0.39 is 76.7 Å². The summed E-state index contributed by atoms with van der Waals surface area (Å²) in [4.78, 5) is 37.2. The second-order valence-electron chi connectivity index (χ2n) is 14.0. The average Bonchev–Trinajstić information content (AvgIpc) is 3.43. The van der Waals surface area contributed by atoms with Gasteiger partial charge in [0.2, 0.25) is 0 Å². The van der Waals surface area contributed by atoms with Gasteiger partial charge in [-0.25, -0.2) is 4.79 Å². The van der Waals surface area contributed by atoms with E-state index in [-0.39, 0.29) is 37.7 Å². The van der Waals surface area contributed by atoms with Crippen molar-refractivity contribution in [1.82, 2.24) is 0 Å². The molecule has 11 nitrogen and oxygen atoms in total. The molecule has 5 fully saturated rings. The zero-order valence-electron chi connectivity index (χ0n) is 24.6. The highest BCUT2D eigenvalue weighted by atomic mass is 16.7. The van der Waals surface area contributed by atoms with E-state index in [4.69, 9.17) is 18.9 Å². The Morgan fingerprint density at radius 2 is 1.83 bits per heavy atom. The van der Waals surface area contributed by atoms with Crippen molar-refractivity contribution in [1.29, 1.82) is 0 Å². The fourth-order valence-corrected chi connectivity index (χ4v) is 10.1. The number of aliphatic hydroxyl groups is 4. The van der Waals surface area contributed by atoms with Gasteiger partial charge in [-0.15, -0.1) is 0 Å². The first-order valence-corrected chi connectivity index (χ1v) is 15.4. The van der Waals surface area contributed by atoms with Crippen molar-refractivity contribution in [2.75, 3.05) is 6.61 Å². The number of ether oxygens (including phenoxy) is 4. The van der Waals surface area contributed by atoms with Crippen LogP contribution in [-0.2, 0) is 33.3 Å². The van der Waals surface area contributed by atoms with Gasteiger partial charge in [-0.3, -0.25) is 4.79 Å².